The maximum absolute atomic E-state index is 12.4. The van der Waals surface area contributed by atoms with E-state index in [9.17, 15) is 36.0 Å². The third-order valence-corrected chi connectivity index (χ3v) is 11.2. The first kappa shape index (κ1) is 49.5. The van der Waals surface area contributed by atoms with Crippen LogP contribution in [0, 0.1) is 20.8 Å². The number of carbonyl (C=O) groups is 4. The largest absolute Gasteiger partial charge is 0.478 e. The number of nitrogens with two attached hydrogens (primary N) is 1. The van der Waals surface area contributed by atoms with Crippen LogP contribution >= 0.6 is 0 Å². The van der Waals surface area contributed by atoms with Gasteiger partial charge in [0.05, 0.1) is 33.8 Å². The molecule has 0 unspecified atom stereocenters. The summed E-state index contributed by atoms with van der Waals surface area (Å²) in [5, 5.41) is 11.5. The number of Topliss-reactive ketones (excluding diaryl/α,β-unsaturated/α-hetero) is 2. The number of hydrogen-bond donors (Lipinski definition) is 4. The Hall–Kier alpha value is -6.90. The van der Waals surface area contributed by atoms with Crippen molar-refractivity contribution in [3.05, 3.63) is 196 Å². The van der Waals surface area contributed by atoms with Crippen molar-refractivity contribution in [2.75, 3.05) is 16.3 Å². The minimum atomic E-state index is -3.55. The van der Waals surface area contributed by atoms with E-state index in [-0.39, 0.29) is 48.0 Å². The van der Waals surface area contributed by atoms with Gasteiger partial charge in [0.25, 0.3) is 0 Å². The number of aromatic carboxylic acids is 1. The zero-order valence-electron chi connectivity index (χ0n) is 34.1. The molecule has 6 aromatic carbocycles. The molecule has 0 aromatic heterocycles. The maximum Gasteiger partial charge on any atom is 0.335 e. The van der Waals surface area contributed by atoms with Crippen LogP contribution in [0.1, 0.15) is 71.9 Å². The second-order valence-corrected chi connectivity index (χ2v) is 17.9. The molecule has 5 N–H and O–H groups in total. The molecule has 62 heavy (non-hydrogen) atoms. The van der Waals surface area contributed by atoms with Crippen molar-refractivity contribution < 1.29 is 41.1 Å². The first-order chi connectivity index (χ1) is 28.8. The third-order valence-electron chi connectivity index (χ3n) is 8.95. The van der Waals surface area contributed by atoms with E-state index in [1.165, 1.54) is 24.3 Å². The average molecular weight is 878 g/mol. The third kappa shape index (κ3) is 15.6. The minimum absolute atomic E-state index is 0. The number of hydrogen-bond acceptors (Lipinski definition) is 8. The van der Waals surface area contributed by atoms with Crippen LogP contribution < -0.4 is 15.8 Å². The van der Waals surface area contributed by atoms with Crippen molar-refractivity contribution in [2.24, 2.45) is 5.73 Å². The number of rotatable bonds is 13. The summed E-state index contributed by atoms with van der Waals surface area (Å²) in [6.07, 6.45) is 1.59. The van der Waals surface area contributed by atoms with E-state index in [0.717, 1.165) is 34.1 Å². The fourth-order valence-corrected chi connectivity index (χ4v) is 7.80. The SMILES string of the molecule is C.Cc1ccc(CC(=O)c2ccccc2NC(N)=O)cc1.Cc1ccc(CC(=O)c2ccccc2NS(C)(=O)=O)cc1.Cc1ccc(S(=O)(=O)Cc2ccccc2C(=O)O)cc1. The highest BCUT2D eigenvalue weighted by atomic mass is 32.2. The molecule has 0 atom stereocenters. The van der Waals surface area contributed by atoms with Crippen molar-refractivity contribution in [1.82, 2.24) is 0 Å². The summed E-state index contributed by atoms with van der Waals surface area (Å²) in [5.41, 5.74) is 12.1. The van der Waals surface area contributed by atoms with Crippen LogP contribution in [-0.2, 0) is 38.5 Å². The Kier molecular flexibility index (Phi) is 18.1. The molecule has 6 aromatic rings. The second-order valence-electron chi connectivity index (χ2n) is 14.2. The standard InChI is InChI=1S/C16H16N2O2.C16H17NO3S.C15H14O4S.CH4/c1-11-6-8-12(9-7-11)10-15(19)13-4-2-3-5-14(13)18-16(17)20;1-12-7-9-13(10-8-12)11-16(18)14-5-3-4-6-15(14)17-21(2,19)20;1-11-6-8-13(9-7-11)20(18,19)10-12-4-2-3-5-14(12)15(16)17;/h2-9H,10H2,1H3,(H3,17,18,20);3-10,17H,11H2,1-2H3;2-9H,10H2,1H3,(H,16,17);1H4. The quantitative estimate of drug-likeness (QED) is 0.0816. The van der Waals surface area contributed by atoms with Gasteiger partial charge < -0.3 is 16.2 Å². The lowest BCUT2D eigenvalue weighted by atomic mass is 10.0. The number of anilines is 2. The van der Waals surface area contributed by atoms with Gasteiger partial charge in [0.15, 0.2) is 21.4 Å². The summed E-state index contributed by atoms with van der Waals surface area (Å²) in [4.78, 5) is 46.9. The fourth-order valence-electron chi connectivity index (χ4n) is 5.84. The van der Waals surface area contributed by atoms with Crippen LogP contribution in [0.5, 0.6) is 0 Å². The van der Waals surface area contributed by atoms with E-state index in [2.05, 4.69) is 10.0 Å². The Balaban J connectivity index is 0.000000246. The summed E-state index contributed by atoms with van der Waals surface area (Å²) in [6, 6.07) is 40.9. The Morgan fingerprint density at radius 3 is 1.37 bits per heavy atom. The number of sulfonamides is 1. The van der Waals surface area contributed by atoms with Crippen molar-refractivity contribution in [3.8, 4) is 0 Å². The van der Waals surface area contributed by atoms with Gasteiger partial charge in [-0.2, -0.15) is 0 Å². The lowest BCUT2D eigenvalue weighted by Crippen LogP contribution is -2.21. The van der Waals surface area contributed by atoms with Crippen LogP contribution in [0.4, 0.5) is 16.2 Å². The monoisotopic (exact) mass is 877 g/mol. The molecule has 0 aliphatic heterocycles. The average Bonchev–Trinajstić information content (AvgIpc) is 3.20. The highest BCUT2D eigenvalue weighted by molar-refractivity contribution is 7.92. The molecule has 0 heterocycles. The molecule has 2 amide bonds. The van der Waals surface area contributed by atoms with Gasteiger partial charge in [-0.1, -0.05) is 127 Å². The molecule has 0 fully saturated rings. The number of carboxylic acids is 1. The van der Waals surface area contributed by atoms with Crippen molar-refractivity contribution in [1.29, 1.82) is 0 Å². The predicted molar refractivity (Wildman–Crippen MR) is 245 cm³/mol. The number of benzene rings is 6. The van der Waals surface area contributed by atoms with Gasteiger partial charge in [0.1, 0.15) is 0 Å². The summed E-state index contributed by atoms with van der Waals surface area (Å²) < 4.78 is 49.7. The number of carbonyl (C=O) groups excluding carboxylic acids is 3. The van der Waals surface area contributed by atoms with Crippen molar-refractivity contribution >= 4 is 54.8 Å². The number of carboxylic acid groups (broad SMARTS) is 1. The van der Waals surface area contributed by atoms with Crippen LogP contribution in [-0.4, -0.2) is 51.8 Å². The number of sulfone groups is 1. The second kappa shape index (κ2) is 22.6. The van der Waals surface area contributed by atoms with Crippen molar-refractivity contribution in [3.63, 3.8) is 0 Å². The predicted octanol–water partition coefficient (Wildman–Crippen LogP) is 9.01. The Morgan fingerprint density at radius 1 is 0.548 bits per heavy atom. The Bertz CT molecular complexity index is 2720. The lowest BCUT2D eigenvalue weighted by molar-refractivity contribution is 0.0695. The zero-order chi connectivity index (χ0) is 44.7. The highest BCUT2D eigenvalue weighted by Crippen LogP contribution is 2.22. The first-order valence-corrected chi connectivity index (χ1v) is 22.4. The Labute approximate surface area is 363 Å². The number of primary amides is 1. The number of urea groups is 1. The van der Waals surface area contributed by atoms with Gasteiger partial charge in [-0.25, -0.2) is 26.4 Å². The van der Waals surface area contributed by atoms with Gasteiger partial charge >= 0.3 is 12.0 Å². The van der Waals surface area contributed by atoms with Gasteiger partial charge in [-0.05, 0) is 79.9 Å². The summed E-state index contributed by atoms with van der Waals surface area (Å²) >= 11 is 0. The van der Waals surface area contributed by atoms with Crippen LogP contribution in [0.3, 0.4) is 0 Å². The zero-order valence-corrected chi connectivity index (χ0v) is 35.7. The summed E-state index contributed by atoms with van der Waals surface area (Å²) in [5.74, 6) is -1.62. The number of amides is 2. The number of nitrogens with one attached hydrogen (secondary N) is 2. The molecule has 0 radical (unpaired) electrons. The molecule has 0 spiro atoms. The summed E-state index contributed by atoms with van der Waals surface area (Å²) in [7, 11) is -6.96. The van der Waals surface area contributed by atoms with Gasteiger partial charge in [0.2, 0.25) is 10.0 Å². The molecular formula is C48H51N3O9S2. The molecule has 0 aliphatic carbocycles. The molecule has 0 bridgehead atoms. The van der Waals surface area contributed by atoms with E-state index in [4.69, 9.17) is 10.8 Å². The molecule has 0 saturated carbocycles. The van der Waals surface area contributed by atoms with Crippen molar-refractivity contribution in [2.45, 2.75) is 51.7 Å². The van der Waals surface area contributed by atoms with E-state index >= 15 is 0 Å². The molecule has 12 nitrogen and oxygen atoms in total. The normalized spacial score (nSPS) is 10.6. The maximum atomic E-state index is 12.4. The first-order valence-electron chi connectivity index (χ1n) is 18.8. The van der Waals surface area contributed by atoms with Crippen LogP contribution in [0.25, 0.3) is 0 Å². The molecule has 14 heteroatoms. The summed E-state index contributed by atoms with van der Waals surface area (Å²) in [6.45, 7) is 5.85. The topological polar surface area (TPSA) is 207 Å². The van der Waals surface area contributed by atoms with E-state index < -0.39 is 31.9 Å². The molecule has 0 aliphatic rings. The van der Waals surface area contributed by atoms with Gasteiger partial charge in [-0.3, -0.25) is 14.3 Å². The molecule has 0 saturated heterocycles. The number of ketones is 2. The Morgan fingerprint density at radius 2 is 0.935 bits per heavy atom. The minimum Gasteiger partial charge on any atom is -0.478 e. The van der Waals surface area contributed by atoms with Gasteiger partial charge in [0, 0.05) is 24.0 Å². The van der Waals surface area contributed by atoms with Crippen LogP contribution in [0.15, 0.2) is 150 Å². The highest BCUT2D eigenvalue weighted by Gasteiger charge is 2.19. The van der Waals surface area contributed by atoms with Gasteiger partial charge in [-0.15, -0.1) is 0 Å². The lowest BCUT2D eigenvalue weighted by Gasteiger charge is -2.10. The molecule has 6 rings (SSSR count). The fraction of sp³-hybridized carbons (Fsp3) is 0.167. The van der Waals surface area contributed by atoms with E-state index in [1.54, 1.807) is 72.8 Å². The molecular weight excluding hydrogens is 827 g/mol. The number of para-hydroxylation sites is 2. The number of aryl methyl sites for hydroxylation is 3. The van der Waals surface area contributed by atoms with Crippen LogP contribution in [0.2, 0.25) is 0 Å². The van der Waals surface area contributed by atoms with E-state index in [0.29, 0.717) is 28.1 Å². The smallest absolute Gasteiger partial charge is 0.335 e. The van der Waals surface area contributed by atoms with E-state index in [1.807, 2.05) is 69.3 Å². The molecule has 324 valence electrons.